The van der Waals surface area contributed by atoms with Crippen LogP contribution in [0.1, 0.15) is 32.3 Å². The van der Waals surface area contributed by atoms with Crippen molar-refractivity contribution < 1.29 is 19.1 Å². The number of hydrogen-bond acceptors (Lipinski definition) is 6. The second-order valence-electron chi connectivity index (χ2n) is 9.70. The Morgan fingerprint density at radius 2 is 1.83 bits per heavy atom. The van der Waals surface area contributed by atoms with Crippen molar-refractivity contribution in [1.29, 1.82) is 0 Å². The molecule has 2 aromatic carbocycles. The lowest BCUT2D eigenvalue weighted by Crippen LogP contribution is -2.54. The second-order valence-corrected chi connectivity index (χ2v) is 10.5. The molecule has 0 radical (unpaired) electrons. The van der Waals surface area contributed by atoms with Crippen molar-refractivity contribution in [2.24, 2.45) is 11.1 Å². The first-order chi connectivity index (χ1) is 16.5. The molecule has 1 amide bonds. The van der Waals surface area contributed by atoms with Gasteiger partial charge in [-0.05, 0) is 42.2 Å². The lowest BCUT2D eigenvalue weighted by molar-refractivity contribution is -0.138. The van der Waals surface area contributed by atoms with E-state index in [0.717, 1.165) is 0 Å². The Hall–Kier alpha value is -3.29. The molecule has 1 spiro atoms. The minimum absolute atomic E-state index is 0.0304. The number of ketones is 1. The largest absolute Gasteiger partial charge is 0.466 e. The van der Waals surface area contributed by atoms with Crippen LogP contribution in [0.3, 0.4) is 0 Å². The van der Waals surface area contributed by atoms with Crippen molar-refractivity contribution in [3.05, 3.63) is 80.7 Å². The van der Waals surface area contributed by atoms with Crippen LogP contribution in [0.15, 0.2) is 65.1 Å². The van der Waals surface area contributed by atoms with Crippen molar-refractivity contribution in [1.82, 2.24) is 0 Å². The fraction of sp³-hybridized carbons (Fsp3) is 0.269. The Morgan fingerprint density at radius 3 is 2.51 bits per heavy atom. The third-order valence-electron chi connectivity index (χ3n) is 6.83. The molecule has 7 nitrogen and oxygen atoms in total. The lowest BCUT2D eigenvalue weighted by atomic mass is 9.60. The summed E-state index contributed by atoms with van der Waals surface area (Å²) in [6.45, 7) is 3.95. The molecule has 3 aliphatic rings. The quantitative estimate of drug-likeness (QED) is 0.567. The molecule has 9 heteroatoms. The molecule has 0 fully saturated rings. The van der Waals surface area contributed by atoms with Crippen LogP contribution in [0.2, 0.25) is 10.0 Å². The molecule has 0 aromatic heterocycles. The number of ether oxygens (including phenoxy) is 1. The van der Waals surface area contributed by atoms with E-state index in [1.54, 1.807) is 47.4 Å². The van der Waals surface area contributed by atoms with Crippen LogP contribution in [0, 0.1) is 5.41 Å². The van der Waals surface area contributed by atoms with E-state index >= 15 is 0 Å². The molecule has 5 rings (SSSR count). The molecule has 0 bridgehead atoms. The summed E-state index contributed by atoms with van der Waals surface area (Å²) < 4.78 is 5.13. The standard InChI is InChI=1S/C26H23Cl2N3O4/c1-25(2)11-18-20(19(32)12-25)26(14-10-13(27)8-9-16(14)30-24(26)34)21(23(33)35-3)22(29)31(18)17-7-5-4-6-15(17)28/h4-10H,11-12,29H2,1-3H3,(H,30,34). The van der Waals surface area contributed by atoms with Gasteiger partial charge in [0.05, 0.1) is 17.8 Å². The van der Waals surface area contributed by atoms with Gasteiger partial charge in [0.15, 0.2) is 5.78 Å². The van der Waals surface area contributed by atoms with Crippen LogP contribution < -0.4 is 16.0 Å². The first kappa shape index (κ1) is 23.5. The molecule has 0 saturated carbocycles. The third-order valence-corrected chi connectivity index (χ3v) is 7.38. The first-order valence-corrected chi connectivity index (χ1v) is 11.8. The number of amides is 1. The highest BCUT2D eigenvalue weighted by atomic mass is 35.5. The molecular weight excluding hydrogens is 489 g/mol. The van der Waals surface area contributed by atoms with Crippen molar-refractivity contribution in [3.8, 4) is 0 Å². The fourth-order valence-electron chi connectivity index (χ4n) is 5.52. The third kappa shape index (κ3) is 3.22. The molecule has 180 valence electrons. The molecular formula is C26H23Cl2N3O4. The highest BCUT2D eigenvalue weighted by Crippen LogP contribution is 2.58. The number of nitrogens with two attached hydrogens (primary N) is 1. The van der Waals surface area contributed by atoms with Crippen LogP contribution in [0.4, 0.5) is 11.4 Å². The summed E-state index contributed by atoms with van der Waals surface area (Å²) in [6, 6.07) is 11.9. The van der Waals surface area contributed by atoms with E-state index < -0.39 is 22.7 Å². The number of benzene rings is 2. The topological polar surface area (TPSA) is 102 Å². The molecule has 3 N–H and O–H groups in total. The Labute approximate surface area is 212 Å². The first-order valence-electron chi connectivity index (χ1n) is 11.0. The monoisotopic (exact) mass is 511 g/mol. The Kier molecular flexibility index (Phi) is 5.27. The van der Waals surface area contributed by atoms with Gasteiger partial charge in [0.25, 0.3) is 0 Å². The number of fused-ring (bicyclic) bond motifs is 3. The number of allylic oxidation sites excluding steroid dienone is 1. The maximum Gasteiger partial charge on any atom is 0.339 e. The molecule has 2 aromatic rings. The van der Waals surface area contributed by atoms with Gasteiger partial charge >= 0.3 is 5.97 Å². The fourth-order valence-corrected chi connectivity index (χ4v) is 5.91. The summed E-state index contributed by atoms with van der Waals surface area (Å²) in [5.41, 5.74) is 6.39. The number of rotatable bonds is 2. The van der Waals surface area contributed by atoms with E-state index in [1.165, 1.54) is 7.11 Å². The van der Waals surface area contributed by atoms with Gasteiger partial charge in [-0.25, -0.2) is 4.79 Å². The normalized spacial score (nSPS) is 22.8. The Morgan fingerprint density at radius 1 is 1.11 bits per heavy atom. The smallest absolute Gasteiger partial charge is 0.339 e. The summed E-state index contributed by atoms with van der Waals surface area (Å²) in [5, 5.41) is 3.55. The molecule has 35 heavy (non-hydrogen) atoms. The zero-order valence-corrected chi connectivity index (χ0v) is 20.9. The van der Waals surface area contributed by atoms with Crippen molar-refractivity contribution in [2.45, 2.75) is 32.1 Å². The van der Waals surface area contributed by atoms with E-state index in [2.05, 4.69) is 5.32 Å². The Balaban J connectivity index is 1.96. The number of nitrogens with one attached hydrogen (secondary N) is 1. The number of hydrogen-bond donors (Lipinski definition) is 2. The number of Topliss-reactive ketones (excluding diaryl/α,β-unsaturated/α-hetero) is 1. The second kappa shape index (κ2) is 7.86. The highest BCUT2D eigenvalue weighted by Gasteiger charge is 2.63. The number of halogens is 2. The SMILES string of the molecule is COC(=O)C1=C(N)N(c2ccccc2Cl)C2=C(C(=O)CC(C)(C)C2)C12C(=O)Nc1ccc(Cl)cc12. The number of carbonyl (C=O) groups excluding carboxylic acids is 3. The molecule has 1 aliphatic carbocycles. The number of methoxy groups -OCH3 is 1. The van der Waals surface area contributed by atoms with Crippen molar-refractivity contribution in [3.63, 3.8) is 0 Å². The number of anilines is 2. The number of para-hydroxylation sites is 1. The van der Waals surface area contributed by atoms with Crippen LogP contribution in [0.5, 0.6) is 0 Å². The van der Waals surface area contributed by atoms with Crippen LogP contribution in [-0.4, -0.2) is 24.8 Å². The zero-order valence-electron chi connectivity index (χ0n) is 19.4. The van der Waals surface area contributed by atoms with E-state index in [1.807, 2.05) is 13.8 Å². The zero-order chi connectivity index (χ0) is 25.3. The van der Waals surface area contributed by atoms with Gasteiger partial charge in [0.1, 0.15) is 16.8 Å². The van der Waals surface area contributed by atoms with Crippen LogP contribution in [0.25, 0.3) is 0 Å². The molecule has 0 saturated heterocycles. The molecule has 2 heterocycles. The molecule has 2 aliphatic heterocycles. The van der Waals surface area contributed by atoms with Crippen molar-refractivity contribution >= 4 is 52.2 Å². The Bertz CT molecular complexity index is 1390. The van der Waals surface area contributed by atoms with Gasteiger partial charge < -0.3 is 15.8 Å². The van der Waals surface area contributed by atoms with Crippen LogP contribution in [-0.2, 0) is 24.5 Å². The van der Waals surface area contributed by atoms with E-state index in [-0.39, 0.29) is 29.2 Å². The number of carbonyl (C=O) groups is 3. The molecule has 1 atom stereocenters. The van der Waals surface area contributed by atoms with Gasteiger partial charge in [0, 0.05) is 34.0 Å². The predicted octanol–water partition coefficient (Wildman–Crippen LogP) is 4.69. The minimum atomic E-state index is -1.81. The summed E-state index contributed by atoms with van der Waals surface area (Å²) in [5.74, 6) is -1.67. The van der Waals surface area contributed by atoms with Gasteiger partial charge in [-0.15, -0.1) is 0 Å². The number of esters is 1. The summed E-state index contributed by atoms with van der Waals surface area (Å²) in [7, 11) is 1.21. The summed E-state index contributed by atoms with van der Waals surface area (Å²) in [4.78, 5) is 42.8. The van der Waals surface area contributed by atoms with Gasteiger partial charge in [-0.2, -0.15) is 0 Å². The van der Waals surface area contributed by atoms with Crippen LogP contribution >= 0.6 is 23.2 Å². The summed E-state index contributed by atoms with van der Waals surface area (Å²) in [6.07, 6.45) is 0.598. The predicted molar refractivity (Wildman–Crippen MR) is 134 cm³/mol. The minimum Gasteiger partial charge on any atom is -0.466 e. The van der Waals surface area contributed by atoms with Gasteiger partial charge in [0.2, 0.25) is 5.91 Å². The average Bonchev–Trinajstić information content (AvgIpc) is 3.05. The van der Waals surface area contributed by atoms with Gasteiger partial charge in [-0.1, -0.05) is 49.2 Å². The maximum absolute atomic E-state index is 13.9. The lowest BCUT2D eigenvalue weighted by Gasteiger charge is -2.47. The van der Waals surface area contributed by atoms with E-state index in [0.29, 0.717) is 39.1 Å². The van der Waals surface area contributed by atoms with E-state index in [9.17, 15) is 14.4 Å². The summed E-state index contributed by atoms with van der Waals surface area (Å²) >= 11 is 12.9. The van der Waals surface area contributed by atoms with E-state index in [4.69, 9.17) is 33.7 Å². The molecule has 1 unspecified atom stereocenters. The number of nitrogens with zero attached hydrogens (tertiary/aromatic N) is 1. The van der Waals surface area contributed by atoms with Crippen molar-refractivity contribution in [2.75, 3.05) is 17.3 Å². The highest BCUT2D eigenvalue weighted by molar-refractivity contribution is 6.34. The van der Waals surface area contributed by atoms with Gasteiger partial charge in [-0.3, -0.25) is 14.5 Å². The average molecular weight is 512 g/mol. The maximum atomic E-state index is 13.9.